The van der Waals surface area contributed by atoms with Gasteiger partial charge in [0.15, 0.2) is 0 Å². The van der Waals surface area contributed by atoms with E-state index in [0.29, 0.717) is 18.8 Å². The van der Waals surface area contributed by atoms with E-state index in [2.05, 4.69) is 24.0 Å². The van der Waals surface area contributed by atoms with Gasteiger partial charge >= 0.3 is 0 Å². The van der Waals surface area contributed by atoms with Crippen LogP contribution in [-0.2, 0) is 9.63 Å². The van der Waals surface area contributed by atoms with Gasteiger partial charge in [-0.2, -0.15) is 0 Å². The number of nitrogens with one attached hydrogen (secondary N) is 1. The average molecular weight is 403 g/mol. The monoisotopic (exact) mass is 402 g/mol. The van der Waals surface area contributed by atoms with Gasteiger partial charge in [0, 0.05) is 24.8 Å². The highest BCUT2D eigenvalue weighted by atomic mass is 19.1. The van der Waals surface area contributed by atoms with Gasteiger partial charge in [0.2, 0.25) is 0 Å². The van der Waals surface area contributed by atoms with Crippen molar-refractivity contribution in [2.45, 2.75) is 77.5 Å². The highest BCUT2D eigenvalue weighted by Gasteiger charge is 2.64. The number of halogens is 1. The molecule has 5 rings (SSSR count). The number of nitrogens with zero attached hydrogens (tertiary/aromatic N) is 1. The number of carbonyl (C=O) groups is 1. The van der Waals surface area contributed by atoms with Gasteiger partial charge in [-0.3, -0.25) is 4.79 Å². The van der Waals surface area contributed by atoms with E-state index in [4.69, 9.17) is 4.84 Å². The number of rotatable bonds is 2. The fourth-order valence-corrected chi connectivity index (χ4v) is 7.83. The second-order valence-electron chi connectivity index (χ2n) is 10.9. The van der Waals surface area contributed by atoms with Crippen molar-refractivity contribution in [1.29, 1.82) is 0 Å². The molecule has 1 aliphatic heterocycles. The first kappa shape index (κ1) is 19.7. The molecule has 0 spiro atoms. The van der Waals surface area contributed by atoms with Crippen molar-refractivity contribution in [1.82, 2.24) is 5.32 Å². The fraction of sp³-hybridized carbons (Fsp3) is 0.833. The maximum Gasteiger partial charge on any atom is 0.141 e. The summed E-state index contributed by atoms with van der Waals surface area (Å²) < 4.78 is 15.7. The Morgan fingerprint density at radius 3 is 2.83 bits per heavy atom. The number of oxime groups is 1. The lowest BCUT2D eigenvalue weighted by Crippen LogP contribution is -2.58. The van der Waals surface area contributed by atoms with E-state index in [9.17, 15) is 4.79 Å². The van der Waals surface area contributed by atoms with Gasteiger partial charge in [-0.1, -0.05) is 31.2 Å². The number of ketones is 1. The zero-order chi connectivity index (χ0) is 20.4. The number of Topliss-reactive ketones (excluding diaryl/α,β-unsaturated/α-hetero) is 1. The third-order valence-electron chi connectivity index (χ3n) is 9.41. The van der Waals surface area contributed by atoms with Crippen molar-refractivity contribution >= 4 is 11.5 Å². The summed E-state index contributed by atoms with van der Waals surface area (Å²) >= 11 is 0. The normalized spacial score (nSPS) is 50.9. The van der Waals surface area contributed by atoms with E-state index >= 15 is 4.39 Å². The maximum atomic E-state index is 15.7. The molecule has 5 unspecified atom stereocenters. The van der Waals surface area contributed by atoms with Crippen LogP contribution in [0.25, 0.3) is 0 Å². The van der Waals surface area contributed by atoms with Crippen molar-refractivity contribution in [2.75, 3.05) is 13.1 Å². The van der Waals surface area contributed by atoms with Gasteiger partial charge in [-0.25, -0.2) is 4.39 Å². The molecule has 0 aromatic carbocycles. The Balaban J connectivity index is 1.38. The predicted molar refractivity (Wildman–Crippen MR) is 111 cm³/mol. The minimum Gasteiger partial charge on any atom is -0.391 e. The number of hydrogen-bond donors (Lipinski definition) is 1. The van der Waals surface area contributed by atoms with Crippen LogP contribution in [0.1, 0.15) is 65.2 Å². The van der Waals surface area contributed by atoms with E-state index in [0.717, 1.165) is 57.3 Å². The van der Waals surface area contributed by atoms with Crippen LogP contribution in [0.2, 0.25) is 0 Å². The van der Waals surface area contributed by atoms with E-state index in [-0.39, 0.29) is 35.1 Å². The minimum absolute atomic E-state index is 0.0449. The molecule has 0 aromatic rings. The van der Waals surface area contributed by atoms with Crippen LogP contribution >= 0.6 is 0 Å². The summed E-state index contributed by atoms with van der Waals surface area (Å²) in [6.45, 7) is 10.7. The molecule has 5 fully saturated rings. The zero-order valence-electron chi connectivity index (χ0n) is 17.9. The molecule has 8 atom stereocenters. The molecule has 0 bridgehead atoms. The second kappa shape index (κ2) is 6.90. The molecule has 0 amide bonds. The lowest BCUT2D eigenvalue weighted by molar-refractivity contribution is -0.144. The number of alkyl halides is 1. The Bertz CT molecular complexity index is 745. The smallest absolute Gasteiger partial charge is 0.141 e. The van der Waals surface area contributed by atoms with E-state index in [1.165, 1.54) is 5.57 Å². The van der Waals surface area contributed by atoms with E-state index in [1.807, 2.05) is 6.92 Å². The SMILES string of the molecule is C=C1CC2C3CCC(=O)[C@@]3(C)CC(F)C2[C@@]2(C)CCC(=NOC3CCNC3)C[C@H]12. The highest BCUT2D eigenvalue weighted by molar-refractivity contribution is 5.87. The summed E-state index contributed by atoms with van der Waals surface area (Å²) in [5, 5.41) is 7.82. The topological polar surface area (TPSA) is 50.7 Å². The summed E-state index contributed by atoms with van der Waals surface area (Å²) in [6.07, 6.45) is 5.86. The molecule has 4 nitrogen and oxygen atoms in total. The van der Waals surface area contributed by atoms with Gasteiger partial charge in [-0.05, 0) is 74.2 Å². The van der Waals surface area contributed by atoms with Crippen molar-refractivity contribution in [3.63, 3.8) is 0 Å². The maximum absolute atomic E-state index is 15.7. The first-order chi connectivity index (χ1) is 13.8. The Morgan fingerprint density at radius 2 is 2.07 bits per heavy atom. The average Bonchev–Trinajstić information content (AvgIpc) is 3.28. The molecule has 29 heavy (non-hydrogen) atoms. The van der Waals surface area contributed by atoms with Crippen molar-refractivity contribution in [3.05, 3.63) is 12.2 Å². The Kier molecular flexibility index (Phi) is 4.69. The number of fused-ring (bicyclic) bond motifs is 5. The molecule has 4 saturated carbocycles. The molecule has 1 heterocycles. The molecular weight excluding hydrogens is 367 g/mol. The van der Waals surface area contributed by atoms with Crippen molar-refractivity contribution < 1.29 is 14.0 Å². The molecule has 4 aliphatic carbocycles. The Hall–Kier alpha value is -1.23. The van der Waals surface area contributed by atoms with Crippen LogP contribution in [0, 0.1) is 34.5 Å². The predicted octanol–water partition coefficient (Wildman–Crippen LogP) is 4.45. The van der Waals surface area contributed by atoms with E-state index in [1.54, 1.807) is 0 Å². The number of allylic oxidation sites excluding steroid dienone is 1. The van der Waals surface area contributed by atoms with Gasteiger partial charge < -0.3 is 10.2 Å². The van der Waals surface area contributed by atoms with Crippen molar-refractivity contribution in [2.24, 2.45) is 39.7 Å². The summed E-state index contributed by atoms with van der Waals surface area (Å²) in [7, 11) is 0. The molecule has 160 valence electrons. The number of carbonyl (C=O) groups excluding carboxylic acids is 1. The van der Waals surface area contributed by atoms with Crippen LogP contribution in [0.3, 0.4) is 0 Å². The second-order valence-corrected chi connectivity index (χ2v) is 10.9. The largest absolute Gasteiger partial charge is 0.391 e. The van der Waals surface area contributed by atoms with Gasteiger partial charge in [0.05, 0.1) is 5.71 Å². The summed E-state index contributed by atoms with van der Waals surface area (Å²) in [5.41, 5.74) is 1.83. The minimum atomic E-state index is -0.886. The third-order valence-corrected chi connectivity index (χ3v) is 9.41. The zero-order valence-corrected chi connectivity index (χ0v) is 17.9. The van der Waals surface area contributed by atoms with Crippen LogP contribution in [0.15, 0.2) is 17.3 Å². The van der Waals surface area contributed by atoms with Gasteiger partial charge in [-0.15, -0.1) is 0 Å². The fourth-order valence-electron chi connectivity index (χ4n) is 7.83. The molecule has 1 saturated heterocycles. The van der Waals surface area contributed by atoms with Crippen molar-refractivity contribution in [3.8, 4) is 0 Å². The lowest BCUT2D eigenvalue weighted by Gasteiger charge is -2.61. The van der Waals surface area contributed by atoms with Crippen LogP contribution in [0.4, 0.5) is 4.39 Å². The lowest BCUT2D eigenvalue weighted by atomic mass is 9.44. The Labute approximate surface area is 173 Å². The standard InChI is InChI=1S/C24H35FN2O2/c1-14-10-17-18-4-5-21(28)24(18,3)12-20(25)22(17)23(2)8-6-15(11-19(14)23)27-29-16-7-9-26-13-16/h16-20,22,26H,1,4-13H2,2-3H3/t16?,17?,18?,19-,20?,22?,23+,24+/m1/s1. The highest BCUT2D eigenvalue weighted by Crippen LogP contribution is 2.66. The van der Waals surface area contributed by atoms with Gasteiger partial charge in [0.1, 0.15) is 18.1 Å². The molecule has 5 aliphatic rings. The first-order valence-corrected chi connectivity index (χ1v) is 11.6. The first-order valence-electron chi connectivity index (χ1n) is 11.6. The third kappa shape index (κ3) is 2.94. The molecule has 0 radical (unpaired) electrons. The number of hydrogen-bond acceptors (Lipinski definition) is 4. The molecule has 1 N–H and O–H groups in total. The van der Waals surface area contributed by atoms with E-state index < -0.39 is 11.6 Å². The van der Waals surface area contributed by atoms with Crippen LogP contribution in [0.5, 0.6) is 0 Å². The van der Waals surface area contributed by atoms with Gasteiger partial charge in [0.25, 0.3) is 0 Å². The molecule has 0 aromatic heterocycles. The summed E-state index contributed by atoms with van der Waals surface area (Å²) in [6, 6.07) is 0. The summed E-state index contributed by atoms with van der Waals surface area (Å²) in [5.74, 6) is 1.21. The molecular formula is C24H35FN2O2. The van der Waals surface area contributed by atoms with Crippen LogP contribution in [-0.4, -0.2) is 36.9 Å². The van der Waals surface area contributed by atoms with Crippen LogP contribution < -0.4 is 5.32 Å². The molecule has 5 heteroatoms. The Morgan fingerprint density at radius 1 is 1.24 bits per heavy atom. The quantitative estimate of drug-likeness (QED) is 0.548. The summed E-state index contributed by atoms with van der Waals surface area (Å²) in [4.78, 5) is 18.4.